The molecule has 0 fully saturated rings. The molecular weight excluding hydrogens is 323 g/mol. The van der Waals surface area contributed by atoms with Crippen LogP contribution >= 0.6 is 0 Å². The summed E-state index contributed by atoms with van der Waals surface area (Å²) in [6.07, 6.45) is 12.5. The van der Waals surface area contributed by atoms with Crippen molar-refractivity contribution in [3.63, 3.8) is 0 Å². The Morgan fingerprint density at radius 3 is 1.39 bits per heavy atom. The number of rotatable bonds is 11. The predicted molar refractivity (Wildman–Crippen MR) is 88.9 cm³/mol. The van der Waals surface area contributed by atoms with Crippen molar-refractivity contribution in [2.24, 2.45) is 0 Å². The van der Waals surface area contributed by atoms with Gasteiger partial charge in [-0.2, -0.15) is 0 Å². The summed E-state index contributed by atoms with van der Waals surface area (Å²) < 4.78 is 6.82. The molecular formula is C17H36Sn. The zero-order valence-electron chi connectivity index (χ0n) is 13.6. The molecule has 0 N–H and O–H groups in total. The number of unbranched alkanes of at least 4 members (excludes halogenated alkanes) is 3. The third kappa shape index (κ3) is 6.12. The Morgan fingerprint density at radius 2 is 1.17 bits per heavy atom. The Hall–Kier alpha value is 0.539. The van der Waals surface area contributed by atoms with Crippen LogP contribution in [0.3, 0.4) is 0 Å². The van der Waals surface area contributed by atoms with E-state index in [1.54, 1.807) is 13.3 Å². The Bertz CT molecular complexity index is 196. The van der Waals surface area contributed by atoms with Crippen molar-refractivity contribution >= 4 is 18.4 Å². The van der Waals surface area contributed by atoms with Gasteiger partial charge in [0, 0.05) is 0 Å². The van der Waals surface area contributed by atoms with E-state index in [0.717, 1.165) is 0 Å². The Kier molecular flexibility index (Phi) is 11.7. The molecule has 0 bridgehead atoms. The summed E-state index contributed by atoms with van der Waals surface area (Å²) >= 11 is -1.98. The monoisotopic (exact) mass is 360 g/mol. The molecule has 0 aliphatic carbocycles. The van der Waals surface area contributed by atoms with E-state index in [4.69, 9.17) is 0 Å². The molecule has 18 heavy (non-hydrogen) atoms. The molecule has 0 heterocycles. The molecule has 0 aromatic carbocycles. The van der Waals surface area contributed by atoms with Gasteiger partial charge in [-0.1, -0.05) is 0 Å². The third-order valence-corrected chi connectivity index (χ3v) is 21.4. The molecule has 0 aromatic rings. The van der Waals surface area contributed by atoms with Crippen LogP contribution in [-0.2, 0) is 0 Å². The minimum absolute atomic E-state index is 1.34. The summed E-state index contributed by atoms with van der Waals surface area (Å²) in [7, 11) is 0. The zero-order valence-corrected chi connectivity index (χ0v) is 16.5. The first-order valence-electron chi connectivity index (χ1n) is 8.36. The van der Waals surface area contributed by atoms with Crippen LogP contribution in [0.1, 0.15) is 79.6 Å². The molecule has 0 saturated carbocycles. The molecule has 0 radical (unpaired) electrons. The van der Waals surface area contributed by atoms with Gasteiger partial charge in [0.1, 0.15) is 0 Å². The van der Waals surface area contributed by atoms with Crippen LogP contribution in [-0.4, -0.2) is 18.4 Å². The normalized spacial score (nSPS) is 13.1. The van der Waals surface area contributed by atoms with Crippen LogP contribution in [0.4, 0.5) is 0 Å². The van der Waals surface area contributed by atoms with Crippen molar-refractivity contribution in [3.05, 3.63) is 9.67 Å². The summed E-state index contributed by atoms with van der Waals surface area (Å²) in [6.45, 7) is 11.8. The average Bonchev–Trinajstić information content (AvgIpc) is 2.41. The molecule has 1 heteroatoms. The molecule has 0 aliphatic heterocycles. The van der Waals surface area contributed by atoms with Gasteiger partial charge in [0.15, 0.2) is 0 Å². The summed E-state index contributed by atoms with van der Waals surface area (Å²) in [5.74, 6) is 0. The average molecular weight is 359 g/mol. The van der Waals surface area contributed by atoms with Gasteiger partial charge in [-0.3, -0.25) is 0 Å². The van der Waals surface area contributed by atoms with E-state index in [9.17, 15) is 0 Å². The van der Waals surface area contributed by atoms with Gasteiger partial charge in [0.05, 0.1) is 0 Å². The van der Waals surface area contributed by atoms with E-state index >= 15 is 0 Å². The van der Waals surface area contributed by atoms with Crippen molar-refractivity contribution in [1.82, 2.24) is 0 Å². The van der Waals surface area contributed by atoms with E-state index in [2.05, 4.69) is 40.7 Å². The van der Waals surface area contributed by atoms with Crippen molar-refractivity contribution in [2.75, 3.05) is 0 Å². The maximum absolute atomic E-state index is 2.51. The quantitative estimate of drug-likeness (QED) is 0.359. The molecule has 0 saturated heterocycles. The van der Waals surface area contributed by atoms with Gasteiger partial charge in [-0.05, 0) is 0 Å². The summed E-state index contributed by atoms with van der Waals surface area (Å²) in [5, 5.41) is 0. The first-order valence-corrected chi connectivity index (χ1v) is 15.8. The summed E-state index contributed by atoms with van der Waals surface area (Å²) in [4.78, 5) is 0. The maximum atomic E-state index is 2.51. The Balaban J connectivity index is 4.96. The van der Waals surface area contributed by atoms with Crippen LogP contribution in [0, 0.1) is 0 Å². The van der Waals surface area contributed by atoms with Crippen LogP contribution in [0.5, 0.6) is 0 Å². The number of hydrogen-bond donors (Lipinski definition) is 0. The van der Waals surface area contributed by atoms with E-state index < -0.39 is 18.4 Å². The molecule has 0 nitrogen and oxygen atoms in total. The van der Waals surface area contributed by atoms with E-state index in [1.807, 2.05) is 3.59 Å². The van der Waals surface area contributed by atoms with Crippen LogP contribution in [0.2, 0.25) is 13.3 Å². The van der Waals surface area contributed by atoms with Crippen molar-refractivity contribution in [1.29, 1.82) is 0 Å². The van der Waals surface area contributed by atoms with Gasteiger partial charge in [0.25, 0.3) is 0 Å². The molecule has 0 amide bonds. The van der Waals surface area contributed by atoms with Crippen LogP contribution in [0.15, 0.2) is 9.67 Å². The van der Waals surface area contributed by atoms with Gasteiger partial charge in [0.2, 0.25) is 0 Å². The predicted octanol–water partition coefficient (Wildman–Crippen LogP) is 6.73. The van der Waals surface area contributed by atoms with Gasteiger partial charge in [-0.25, -0.2) is 0 Å². The van der Waals surface area contributed by atoms with E-state index in [-0.39, 0.29) is 0 Å². The van der Waals surface area contributed by atoms with E-state index in [1.165, 1.54) is 44.9 Å². The van der Waals surface area contributed by atoms with Gasteiger partial charge >= 0.3 is 121 Å². The second kappa shape index (κ2) is 11.4. The number of allylic oxidation sites excluding steroid dienone is 2. The molecule has 0 aromatic heterocycles. The minimum atomic E-state index is -1.98. The molecule has 0 aliphatic rings. The molecule has 0 atom stereocenters. The second-order valence-electron chi connectivity index (χ2n) is 5.76. The fourth-order valence-corrected chi connectivity index (χ4v) is 20.9. The SMILES string of the molecule is C/C=[C](\CC)[Sn]([CH2]CCC)([CH2]CCC)[CH2]CCC. The third-order valence-electron chi connectivity index (χ3n) is 4.44. The standard InChI is InChI=1S/C5H9.3C4H9.Sn/c1-3-5-4-2;3*1-3-4-2;/h3H,4H2,1-2H3;3*1,3-4H2,2H3;. The summed E-state index contributed by atoms with van der Waals surface area (Å²) in [5.41, 5.74) is 0. The molecule has 0 spiro atoms. The van der Waals surface area contributed by atoms with Crippen molar-refractivity contribution in [2.45, 2.75) is 92.9 Å². The van der Waals surface area contributed by atoms with Crippen LogP contribution < -0.4 is 0 Å². The Morgan fingerprint density at radius 1 is 0.778 bits per heavy atom. The van der Waals surface area contributed by atoms with Gasteiger partial charge < -0.3 is 0 Å². The molecule has 0 unspecified atom stereocenters. The topological polar surface area (TPSA) is 0 Å². The van der Waals surface area contributed by atoms with Crippen LogP contribution in [0.25, 0.3) is 0 Å². The fraction of sp³-hybridized carbons (Fsp3) is 0.882. The number of hydrogen-bond acceptors (Lipinski definition) is 0. The first-order chi connectivity index (χ1) is 8.70. The zero-order chi connectivity index (χ0) is 13.9. The molecule has 108 valence electrons. The molecule has 0 rings (SSSR count). The second-order valence-corrected chi connectivity index (χ2v) is 19.2. The van der Waals surface area contributed by atoms with Gasteiger partial charge in [-0.15, -0.1) is 0 Å². The van der Waals surface area contributed by atoms with E-state index in [0.29, 0.717) is 0 Å². The van der Waals surface area contributed by atoms with Crippen molar-refractivity contribution in [3.8, 4) is 0 Å². The van der Waals surface area contributed by atoms with Crippen molar-refractivity contribution < 1.29 is 0 Å². The fourth-order valence-electron chi connectivity index (χ4n) is 3.29. The first kappa shape index (κ1) is 18.5. The Labute approximate surface area is 121 Å². The summed E-state index contributed by atoms with van der Waals surface area (Å²) in [6, 6.07) is 0.